The Hall–Kier alpha value is -5.07. The molecule has 5 heteroatoms. The summed E-state index contributed by atoms with van der Waals surface area (Å²) in [5.74, 6) is 0. The highest BCUT2D eigenvalue weighted by atomic mass is 32.1. The molecule has 0 saturated carbocycles. The van der Waals surface area contributed by atoms with E-state index in [4.69, 9.17) is 10.7 Å². The van der Waals surface area contributed by atoms with Gasteiger partial charge in [-0.25, -0.2) is 0 Å². The first-order valence-electron chi connectivity index (χ1n) is 14.8. The first-order chi connectivity index (χ1) is 21.7. The predicted molar refractivity (Wildman–Crippen MR) is 187 cm³/mol. The van der Waals surface area contributed by atoms with E-state index >= 15 is 0 Å². The molecule has 0 radical (unpaired) electrons. The standard InChI is InChI=1S/C39H30N4S/c40-38(27-11-3-1-4-12-27)42-39(28-13-5-2-6-14-28)41-25-26-19-21-29(22-20-26)43-34-17-9-7-15-30(34)32-23-33-31-16-8-10-18-36(31)44-37(33)24-35(32)43/h1-25,38-39,42H,40H2. The number of hydrogen-bond donors (Lipinski definition) is 2. The van der Waals surface area contributed by atoms with Crippen LogP contribution in [-0.4, -0.2) is 10.8 Å². The molecule has 0 bridgehead atoms. The van der Waals surface area contributed by atoms with E-state index in [1.54, 1.807) is 0 Å². The van der Waals surface area contributed by atoms with Gasteiger partial charge in [0, 0.05) is 42.8 Å². The van der Waals surface area contributed by atoms with E-state index in [0.717, 1.165) is 22.4 Å². The van der Waals surface area contributed by atoms with Gasteiger partial charge in [-0.05, 0) is 53.1 Å². The van der Waals surface area contributed by atoms with Crippen LogP contribution in [0.4, 0.5) is 0 Å². The molecule has 0 spiro atoms. The van der Waals surface area contributed by atoms with Crippen molar-refractivity contribution in [3.05, 3.63) is 162 Å². The molecule has 3 N–H and O–H groups in total. The zero-order valence-corrected chi connectivity index (χ0v) is 24.8. The van der Waals surface area contributed by atoms with Gasteiger partial charge in [-0.1, -0.05) is 109 Å². The number of fused-ring (bicyclic) bond motifs is 6. The average molecular weight is 587 g/mol. The Balaban J connectivity index is 1.16. The summed E-state index contributed by atoms with van der Waals surface area (Å²) >= 11 is 1.86. The molecule has 8 rings (SSSR count). The Bertz CT molecular complexity index is 2270. The molecule has 2 heterocycles. The molecule has 0 amide bonds. The van der Waals surface area contributed by atoms with Crippen LogP contribution in [0, 0.1) is 0 Å². The fourth-order valence-corrected chi connectivity index (χ4v) is 7.24. The van der Waals surface area contributed by atoms with Crippen LogP contribution < -0.4 is 11.1 Å². The fraction of sp³-hybridized carbons (Fsp3) is 0.0513. The van der Waals surface area contributed by atoms with Crippen molar-refractivity contribution in [2.24, 2.45) is 10.7 Å². The van der Waals surface area contributed by atoms with Crippen molar-refractivity contribution in [2.45, 2.75) is 12.3 Å². The van der Waals surface area contributed by atoms with Crippen molar-refractivity contribution in [2.75, 3.05) is 0 Å². The SMILES string of the molecule is NC(NC(N=Cc1ccc(-n2c3ccccc3c3cc4c(cc32)sc2ccccc24)cc1)c1ccccc1)c1ccccc1. The molecular weight excluding hydrogens is 557 g/mol. The van der Waals surface area contributed by atoms with Crippen molar-refractivity contribution in [3.63, 3.8) is 0 Å². The van der Waals surface area contributed by atoms with E-state index in [-0.39, 0.29) is 12.3 Å². The predicted octanol–water partition coefficient (Wildman–Crippen LogP) is 9.52. The Morgan fingerprint density at radius 1 is 0.591 bits per heavy atom. The molecule has 8 aromatic rings. The molecule has 212 valence electrons. The number of nitrogens with two attached hydrogens (primary N) is 1. The van der Waals surface area contributed by atoms with Gasteiger partial charge in [-0.3, -0.25) is 10.3 Å². The quantitative estimate of drug-likeness (QED) is 0.144. The number of aliphatic imine (C=N–C) groups is 1. The largest absolute Gasteiger partial charge is 0.312 e. The molecule has 0 aliphatic carbocycles. The second kappa shape index (κ2) is 11.2. The van der Waals surface area contributed by atoms with Crippen LogP contribution in [0.1, 0.15) is 29.0 Å². The topological polar surface area (TPSA) is 55.3 Å². The number of hydrogen-bond acceptors (Lipinski definition) is 4. The third kappa shape index (κ3) is 4.77. The molecule has 2 aromatic heterocycles. The van der Waals surface area contributed by atoms with Gasteiger partial charge in [-0.2, -0.15) is 0 Å². The van der Waals surface area contributed by atoms with Crippen molar-refractivity contribution >= 4 is 59.5 Å². The first kappa shape index (κ1) is 26.5. The minimum absolute atomic E-state index is 0.285. The highest BCUT2D eigenvalue weighted by Crippen LogP contribution is 2.40. The smallest absolute Gasteiger partial charge is 0.127 e. The summed E-state index contributed by atoms with van der Waals surface area (Å²) in [5.41, 5.74) is 13.2. The first-order valence-corrected chi connectivity index (χ1v) is 15.6. The summed E-state index contributed by atoms with van der Waals surface area (Å²) in [6.45, 7) is 0. The fourth-order valence-electron chi connectivity index (χ4n) is 6.12. The lowest BCUT2D eigenvalue weighted by Crippen LogP contribution is -2.31. The van der Waals surface area contributed by atoms with Gasteiger partial charge in [0.05, 0.1) is 17.2 Å². The molecule has 0 saturated heterocycles. The average Bonchev–Trinajstić information content (AvgIpc) is 3.61. The van der Waals surface area contributed by atoms with Crippen LogP contribution in [0.25, 0.3) is 47.7 Å². The number of para-hydroxylation sites is 1. The Labute approximate surface area is 259 Å². The van der Waals surface area contributed by atoms with Crippen LogP contribution in [0.15, 0.2) is 151 Å². The zero-order chi connectivity index (χ0) is 29.5. The van der Waals surface area contributed by atoms with E-state index in [0.29, 0.717) is 0 Å². The van der Waals surface area contributed by atoms with Crippen molar-refractivity contribution in [1.82, 2.24) is 9.88 Å². The minimum Gasteiger partial charge on any atom is -0.312 e. The normalized spacial score (nSPS) is 13.4. The molecule has 4 nitrogen and oxygen atoms in total. The third-order valence-corrected chi connectivity index (χ3v) is 9.44. The summed E-state index contributed by atoms with van der Waals surface area (Å²) in [6, 6.07) is 51.0. The number of nitrogens with zero attached hydrogens (tertiary/aromatic N) is 2. The summed E-state index contributed by atoms with van der Waals surface area (Å²) in [5, 5.41) is 8.67. The molecular formula is C39H30N4S. The lowest BCUT2D eigenvalue weighted by atomic mass is 10.1. The van der Waals surface area contributed by atoms with Crippen molar-refractivity contribution < 1.29 is 0 Å². The number of aromatic nitrogens is 1. The van der Waals surface area contributed by atoms with Gasteiger partial charge in [-0.15, -0.1) is 11.3 Å². The highest BCUT2D eigenvalue weighted by Gasteiger charge is 2.16. The maximum Gasteiger partial charge on any atom is 0.127 e. The Morgan fingerprint density at radius 2 is 1.25 bits per heavy atom. The highest BCUT2D eigenvalue weighted by molar-refractivity contribution is 7.25. The van der Waals surface area contributed by atoms with Crippen LogP contribution in [0.2, 0.25) is 0 Å². The van der Waals surface area contributed by atoms with Gasteiger partial charge < -0.3 is 10.3 Å². The second-order valence-electron chi connectivity index (χ2n) is 11.1. The molecule has 2 atom stereocenters. The number of nitrogens with one attached hydrogen (secondary N) is 1. The van der Waals surface area contributed by atoms with E-state index in [1.807, 2.05) is 66.1 Å². The number of rotatable bonds is 7. The summed E-state index contributed by atoms with van der Waals surface area (Å²) in [6.07, 6.45) is 1.30. The summed E-state index contributed by atoms with van der Waals surface area (Å²) in [4.78, 5) is 4.96. The molecule has 0 aliphatic heterocycles. The molecule has 0 fully saturated rings. The Kier molecular flexibility index (Phi) is 6.76. The summed E-state index contributed by atoms with van der Waals surface area (Å²) in [7, 11) is 0. The zero-order valence-electron chi connectivity index (χ0n) is 24.0. The van der Waals surface area contributed by atoms with Crippen LogP contribution in [0.3, 0.4) is 0 Å². The van der Waals surface area contributed by atoms with Gasteiger partial charge in [0.15, 0.2) is 0 Å². The van der Waals surface area contributed by atoms with E-state index in [1.165, 1.54) is 42.0 Å². The van der Waals surface area contributed by atoms with E-state index < -0.39 is 0 Å². The van der Waals surface area contributed by atoms with Gasteiger partial charge in [0.2, 0.25) is 0 Å². The summed E-state index contributed by atoms with van der Waals surface area (Å²) < 4.78 is 5.00. The monoisotopic (exact) mass is 586 g/mol. The van der Waals surface area contributed by atoms with E-state index in [2.05, 4.69) is 107 Å². The van der Waals surface area contributed by atoms with E-state index in [9.17, 15) is 0 Å². The van der Waals surface area contributed by atoms with Gasteiger partial charge in [0.1, 0.15) is 6.17 Å². The number of benzene rings is 6. The molecule has 2 unspecified atom stereocenters. The molecule has 6 aromatic carbocycles. The lowest BCUT2D eigenvalue weighted by molar-refractivity contribution is 0.467. The van der Waals surface area contributed by atoms with Crippen LogP contribution >= 0.6 is 11.3 Å². The van der Waals surface area contributed by atoms with Crippen LogP contribution in [-0.2, 0) is 0 Å². The third-order valence-electron chi connectivity index (χ3n) is 8.31. The lowest BCUT2D eigenvalue weighted by Gasteiger charge is -2.21. The Morgan fingerprint density at radius 3 is 2.02 bits per heavy atom. The maximum absolute atomic E-state index is 6.54. The van der Waals surface area contributed by atoms with Gasteiger partial charge in [0.25, 0.3) is 0 Å². The minimum atomic E-state index is -0.344. The second-order valence-corrected chi connectivity index (χ2v) is 12.1. The maximum atomic E-state index is 6.54. The van der Waals surface area contributed by atoms with Crippen LogP contribution in [0.5, 0.6) is 0 Å². The van der Waals surface area contributed by atoms with Crippen molar-refractivity contribution in [1.29, 1.82) is 0 Å². The van der Waals surface area contributed by atoms with Crippen molar-refractivity contribution in [3.8, 4) is 5.69 Å². The molecule has 44 heavy (non-hydrogen) atoms. The number of thiophene rings is 1. The molecule has 0 aliphatic rings. The van der Waals surface area contributed by atoms with Gasteiger partial charge >= 0.3 is 0 Å².